The highest BCUT2D eigenvalue weighted by Crippen LogP contribution is 2.34. The predicted octanol–water partition coefficient (Wildman–Crippen LogP) is 5.09. The van der Waals surface area contributed by atoms with Gasteiger partial charge in [-0.2, -0.15) is 5.26 Å². The first kappa shape index (κ1) is 20.1. The van der Waals surface area contributed by atoms with E-state index in [9.17, 15) is 10.1 Å². The zero-order valence-corrected chi connectivity index (χ0v) is 18.7. The van der Waals surface area contributed by atoms with Crippen molar-refractivity contribution in [3.63, 3.8) is 0 Å². The Morgan fingerprint density at radius 1 is 1.06 bits per heavy atom. The maximum absolute atomic E-state index is 13.8. The first-order valence-corrected chi connectivity index (χ1v) is 12.2. The zero-order valence-electron chi connectivity index (χ0n) is 17.1. The molecule has 1 saturated heterocycles. The Balaban J connectivity index is 1.63. The summed E-state index contributed by atoms with van der Waals surface area (Å²) in [4.78, 5) is 23.0. The van der Waals surface area contributed by atoms with Crippen molar-refractivity contribution in [2.24, 2.45) is 0 Å². The number of fused-ring (bicyclic) bond motifs is 1. The number of nitriles is 1. The highest BCUT2D eigenvalue weighted by atomic mass is 32.1. The van der Waals surface area contributed by atoms with Gasteiger partial charge in [-0.05, 0) is 55.1 Å². The molecule has 0 bridgehead atoms. The summed E-state index contributed by atoms with van der Waals surface area (Å²) in [6, 6.07) is 13.7. The SMILES string of the molecule is N#Cc1cccc(Cn2c(CN3CCCCC3)nc3scc(-c4cccs4)c3c2=O)c1. The van der Waals surface area contributed by atoms with Crippen LogP contribution in [0.3, 0.4) is 0 Å². The summed E-state index contributed by atoms with van der Waals surface area (Å²) in [6.07, 6.45) is 3.66. The minimum atomic E-state index is 0.00372. The van der Waals surface area contributed by atoms with Crippen LogP contribution in [0.2, 0.25) is 0 Å². The average molecular weight is 447 g/mol. The number of thiophene rings is 2. The van der Waals surface area contributed by atoms with Gasteiger partial charge in [-0.25, -0.2) is 4.98 Å². The van der Waals surface area contributed by atoms with E-state index < -0.39 is 0 Å². The minimum absolute atomic E-state index is 0.00372. The second-order valence-corrected chi connectivity index (χ2v) is 9.68. The first-order chi connectivity index (χ1) is 15.2. The van der Waals surface area contributed by atoms with Crippen molar-refractivity contribution in [2.75, 3.05) is 13.1 Å². The third-order valence-electron chi connectivity index (χ3n) is 5.77. The van der Waals surface area contributed by atoms with E-state index >= 15 is 0 Å². The van der Waals surface area contributed by atoms with Crippen LogP contribution in [0.15, 0.2) is 52.0 Å². The van der Waals surface area contributed by atoms with Gasteiger partial charge in [0, 0.05) is 15.8 Å². The molecule has 5 rings (SSSR count). The Morgan fingerprint density at radius 3 is 2.71 bits per heavy atom. The Bertz CT molecular complexity index is 1310. The molecule has 1 fully saturated rings. The fourth-order valence-corrected chi connectivity index (χ4v) is 5.97. The number of aromatic nitrogens is 2. The predicted molar refractivity (Wildman–Crippen MR) is 127 cm³/mol. The van der Waals surface area contributed by atoms with Crippen LogP contribution in [0, 0.1) is 11.3 Å². The lowest BCUT2D eigenvalue weighted by Gasteiger charge is -2.27. The van der Waals surface area contributed by atoms with E-state index in [4.69, 9.17) is 4.98 Å². The molecule has 0 atom stereocenters. The summed E-state index contributed by atoms with van der Waals surface area (Å²) < 4.78 is 1.82. The number of rotatable bonds is 5. The molecular weight excluding hydrogens is 424 g/mol. The molecule has 0 amide bonds. The molecule has 1 aliphatic rings. The van der Waals surface area contributed by atoms with Gasteiger partial charge in [0.05, 0.1) is 30.1 Å². The molecule has 7 heteroatoms. The van der Waals surface area contributed by atoms with Gasteiger partial charge in [0.1, 0.15) is 10.7 Å². The zero-order chi connectivity index (χ0) is 21.2. The van der Waals surface area contributed by atoms with Crippen LogP contribution in [-0.4, -0.2) is 27.5 Å². The van der Waals surface area contributed by atoms with Gasteiger partial charge in [0.15, 0.2) is 0 Å². The van der Waals surface area contributed by atoms with Gasteiger partial charge >= 0.3 is 0 Å². The number of benzene rings is 1. The van der Waals surface area contributed by atoms with Crippen LogP contribution >= 0.6 is 22.7 Å². The van der Waals surface area contributed by atoms with Crippen molar-refractivity contribution < 1.29 is 0 Å². The van der Waals surface area contributed by atoms with Crippen molar-refractivity contribution in [1.82, 2.24) is 14.5 Å². The standard InChI is InChI=1S/C24H22N4OS2/c25-13-17-6-4-7-18(12-17)14-28-21(15-27-9-2-1-3-10-27)26-23-22(24(28)29)19(16-31-23)20-8-5-11-30-20/h4-8,11-12,16H,1-3,9-10,14-15H2. The average Bonchev–Trinajstić information content (AvgIpc) is 3.47. The fourth-order valence-electron chi connectivity index (χ4n) is 4.20. The Kier molecular flexibility index (Phi) is 5.68. The lowest BCUT2D eigenvalue weighted by molar-refractivity contribution is 0.212. The first-order valence-electron chi connectivity index (χ1n) is 10.5. The molecule has 0 saturated carbocycles. The fraction of sp³-hybridized carbons (Fsp3) is 0.292. The Morgan fingerprint density at radius 2 is 1.94 bits per heavy atom. The number of likely N-dealkylation sites (tertiary alicyclic amines) is 1. The molecule has 4 heterocycles. The van der Waals surface area contributed by atoms with Crippen LogP contribution < -0.4 is 5.56 Å². The summed E-state index contributed by atoms with van der Waals surface area (Å²) in [5.74, 6) is 0.807. The van der Waals surface area contributed by atoms with Crippen molar-refractivity contribution in [1.29, 1.82) is 5.26 Å². The van der Waals surface area contributed by atoms with E-state index in [1.54, 1.807) is 28.7 Å². The van der Waals surface area contributed by atoms with Crippen molar-refractivity contribution in [2.45, 2.75) is 32.4 Å². The van der Waals surface area contributed by atoms with Crippen LogP contribution in [-0.2, 0) is 13.1 Å². The molecule has 0 aliphatic carbocycles. The normalized spacial score (nSPS) is 14.7. The third-order valence-corrected chi connectivity index (χ3v) is 7.55. The molecule has 1 aliphatic heterocycles. The summed E-state index contributed by atoms with van der Waals surface area (Å²) in [5.41, 5.74) is 2.52. The molecule has 3 aromatic heterocycles. The molecule has 31 heavy (non-hydrogen) atoms. The Labute approximate surface area is 188 Å². The van der Waals surface area contributed by atoms with E-state index in [0.29, 0.717) is 24.0 Å². The second kappa shape index (κ2) is 8.75. The molecule has 0 spiro atoms. The van der Waals surface area contributed by atoms with Crippen molar-refractivity contribution >= 4 is 32.9 Å². The molecule has 0 unspecified atom stereocenters. The second-order valence-electron chi connectivity index (χ2n) is 7.88. The van der Waals surface area contributed by atoms with Crippen molar-refractivity contribution in [3.8, 4) is 16.5 Å². The Hall–Kier alpha value is -2.79. The van der Waals surface area contributed by atoms with Gasteiger partial charge in [-0.15, -0.1) is 22.7 Å². The van der Waals surface area contributed by atoms with Gasteiger partial charge in [0.2, 0.25) is 0 Å². The molecule has 5 nitrogen and oxygen atoms in total. The van der Waals surface area contributed by atoms with Crippen LogP contribution in [0.5, 0.6) is 0 Å². The van der Waals surface area contributed by atoms with E-state index in [2.05, 4.69) is 16.3 Å². The van der Waals surface area contributed by atoms with Crippen molar-refractivity contribution in [3.05, 3.63) is 74.5 Å². The van der Waals surface area contributed by atoms with Gasteiger partial charge in [0.25, 0.3) is 5.56 Å². The lowest BCUT2D eigenvalue weighted by Crippen LogP contribution is -2.34. The molecule has 4 aromatic rings. The molecular formula is C24H22N4OS2. The topological polar surface area (TPSA) is 61.9 Å². The van der Waals surface area contributed by atoms with Crippen LogP contribution in [0.4, 0.5) is 0 Å². The van der Waals surface area contributed by atoms with E-state index in [0.717, 1.165) is 39.7 Å². The summed E-state index contributed by atoms with van der Waals surface area (Å²) in [6.45, 7) is 3.18. The lowest BCUT2D eigenvalue weighted by atomic mass is 10.1. The molecule has 0 N–H and O–H groups in total. The van der Waals surface area contributed by atoms with E-state index in [1.807, 2.05) is 40.3 Å². The molecule has 1 aromatic carbocycles. The van der Waals surface area contributed by atoms with Crippen LogP contribution in [0.1, 0.15) is 36.2 Å². The number of piperidine rings is 1. The quantitative estimate of drug-likeness (QED) is 0.428. The minimum Gasteiger partial charge on any atom is -0.296 e. The third kappa shape index (κ3) is 4.07. The smallest absolute Gasteiger partial charge is 0.263 e. The van der Waals surface area contributed by atoms with E-state index in [-0.39, 0.29) is 5.56 Å². The number of nitrogens with zero attached hydrogens (tertiary/aromatic N) is 4. The van der Waals surface area contributed by atoms with E-state index in [1.165, 1.54) is 19.3 Å². The molecule has 0 radical (unpaired) electrons. The van der Waals surface area contributed by atoms with Crippen LogP contribution in [0.25, 0.3) is 20.7 Å². The summed E-state index contributed by atoms with van der Waals surface area (Å²) >= 11 is 3.18. The summed E-state index contributed by atoms with van der Waals surface area (Å²) in [7, 11) is 0. The maximum atomic E-state index is 13.8. The van der Waals surface area contributed by atoms with Gasteiger partial charge < -0.3 is 0 Å². The largest absolute Gasteiger partial charge is 0.296 e. The number of hydrogen-bond acceptors (Lipinski definition) is 6. The molecule has 156 valence electrons. The monoisotopic (exact) mass is 446 g/mol. The highest BCUT2D eigenvalue weighted by Gasteiger charge is 2.20. The number of hydrogen-bond donors (Lipinski definition) is 0. The van der Waals surface area contributed by atoms with Gasteiger partial charge in [-0.3, -0.25) is 14.3 Å². The van der Waals surface area contributed by atoms with Gasteiger partial charge in [-0.1, -0.05) is 24.6 Å². The highest BCUT2D eigenvalue weighted by molar-refractivity contribution is 7.18. The maximum Gasteiger partial charge on any atom is 0.263 e. The summed E-state index contributed by atoms with van der Waals surface area (Å²) in [5, 5.41) is 14.1.